The van der Waals surface area contributed by atoms with Crippen molar-refractivity contribution in [1.29, 1.82) is 0 Å². The van der Waals surface area contributed by atoms with Crippen LogP contribution in [-0.2, 0) is 5.33 Å². The van der Waals surface area contributed by atoms with E-state index in [2.05, 4.69) is 15.9 Å². The molecule has 0 amide bonds. The van der Waals surface area contributed by atoms with Gasteiger partial charge in [0.1, 0.15) is 11.6 Å². The molecule has 3 heteroatoms. The van der Waals surface area contributed by atoms with Gasteiger partial charge in [-0.15, -0.1) is 0 Å². The number of hydrogen-bond donors (Lipinski definition) is 0. The molecule has 2 aromatic rings. The standard InChI is InChI=1S/C13H9BrF2/c14-8-9-1-3-10(4-2-9)12-6-5-11(15)7-13(12)16/h1-7H,8H2. The lowest BCUT2D eigenvalue weighted by Crippen LogP contribution is -1.86. The van der Waals surface area contributed by atoms with Crippen molar-refractivity contribution >= 4 is 15.9 Å². The molecule has 0 radical (unpaired) electrons. The van der Waals surface area contributed by atoms with Gasteiger partial charge in [-0.2, -0.15) is 0 Å². The minimum Gasteiger partial charge on any atom is -0.207 e. The smallest absolute Gasteiger partial charge is 0.133 e. The second-order valence-corrected chi connectivity index (χ2v) is 4.02. The van der Waals surface area contributed by atoms with Crippen LogP contribution in [-0.4, -0.2) is 0 Å². The van der Waals surface area contributed by atoms with Crippen LogP contribution in [0.4, 0.5) is 8.78 Å². The maximum atomic E-state index is 13.5. The molecule has 0 heterocycles. The summed E-state index contributed by atoms with van der Waals surface area (Å²) in [5.74, 6) is -1.09. The lowest BCUT2D eigenvalue weighted by molar-refractivity contribution is 0.585. The zero-order chi connectivity index (χ0) is 11.5. The molecule has 0 atom stereocenters. The Morgan fingerprint density at radius 1 is 0.938 bits per heavy atom. The van der Waals surface area contributed by atoms with E-state index in [0.717, 1.165) is 22.5 Å². The van der Waals surface area contributed by atoms with Crippen molar-refractivity contribution < 1.29 is 8.78 Å². The largest absolute Gasteiger partial charge is 0.207 e. The third kappa shape index (κ3) is 2.30. The molecule has 0 aliphatic heterocycles. The summed E-state index contributed by atoms with van der Waals surface area (Å²) >= 11 is 3.34. The second-order valence-electron chi connectivity index (χ2n) is 3.45. The summed E-state index contributed by atoms with van der Waals surface area (Å²) in [7, 11) is 0. The molecule has 16 heavy (non-hydrogen) atoms. The van der Waals surface area contributed by atoms with Crippen LogP contribution in [0, 0.1) is 11.6 Å². The Bertz CT molecular complexity index is 492. The molecule has 0 aliphatic carbocycles. The zero-order valence-electron chi connectivity index (χ0n) is 8.38. The molecular formula is C13H9BrF2. The van der Waals surface area contributed by atoms with Crippen LogP contribution in [0.1, 0.15) is 5.56 Å². The lowest BCUT2D eigenvalue weighted by Gasteiger charge is -2.04. The van der Waals surface area contributed by atoms with Crippen LogP contribution >= 0.6 is 15.9 Å². The first-order valence-corrected chi connectivity index (χ1v) is 5.93. The Morgan fingerprint density at radius 3 is 2.19 bits per heavy atom. The summed E-state index contributed by atoms with van der Waals surface area (Å²) in [6.07, 6.45) is 0. The summed E-state index contributed by atoms with van der Waals surface area (Å²) in [6.45, 7) is 0. The quantitative estimate of drug-likeness (QED) is 0.710. The van der Waals surface area contributed by atoms with Gasteiger partial charge in [-0.1, -0.05) is 40.2 Å². The first-order chi connectivity index (χ1) is 7.70. The summed E-state index contributed by atoms with van der Waals surface area (Å²) in [4.78, 5) is 0. The highest BCUT2D eigenvalue weighted by atomic mass is 79.9. The van der Waals surface area contributed by atoms with Crippen molar-refractivity contribution in [1.82, 2.24) is 0 Å². The highest BCUT2D eigenvalue weighted by molar-refractivity contribution is 9.08. The van der Waals surface area contributed by atoms with Crippen LogP contribution in [0.25, 0.3) is 11.1 Å². The molecule has 82 valence electrons. The predicted molar refractivity (Wildman–Crippen MR) is 64.4 cm³/mol. The van der Waals surface area contributed by atoms with E-state index in [1.54, 1.807) is 0 Å². The highest BCUT2D eigenvalue weighted by Crippen LogP contribution is 2.24. The van der Waals surface area contributed by atoms with Gasteiger partial charge >= 0.3 is 0 Å². The molecule has 0 aliphatic rings. The van der Waals surface area contributed by atoms with E-state index in [-0.39, 0.29) is 0 Å². The minimum absolute atomic E-state index is 0.419. The molecule has 0 N–H and O–H groups in total. The van der Waals surface area contributed by atoms with Crippen molar-refractivity contribution in [3.63, 3.8) is 0 Å². The predicted octanol–water partition coefficient (Wildman–Crippen LogP) is 4.53. The van der Waals surface area contributed by atoms with Crippen LogP contribution in [0.3, 0.4) is 0 Å². The Balaban J connectivity index is 2.42. The topological polar surface area (TPSA) is 0 Å². The maximum absolute atomic E-state index is 13.5. The van der Waals surface area contributed by atoms with Gasteiger partial charge in [0.25, 0.3) is 0 Å². The third-order valence-electron chi connectivity index (χ3n) is 2.35. The highest BCUT2D eigenvalue weighted by Gasteiger charge is 2.05. The van der Waals surface area contributed by atoms with Crippen molar-refractivity contribution in [3.05, 3.63) is 59.7 Å². The molecule has 0 saturated carbocycles. The van der Waals surface area contributed by atoms with E-state index >= 15 is 0 Å². The Morgan fingerprint density at radius 2 is 1.62 bits per heavy atom. The third-order valence-corrected chi connectivity index (χ3v) is 3.00. The molecule has 0 bridgehead atoms. The molecular weight excluding hydrogens is 274 g/mol. The van der Waals surface area contributed by atoms with Crippen LogP contribution < -0.4 is 0 Å². The summed E-state index contributed by atoms with van der Waals surface area (Å²) in [6, 6.07) is 11.1. The number of benzene rings is 2. The number of rotatable bonds is 2. The van der Waals surface area contributed by atoms with E-state index in [1.165, 1.54) is 12.1 Å². The SMILES string of the molecule is Fc1ccc(-c2ccc(CBr)cc2)c(F)c1. The number of alkyl halides is 1. The summed E-state index contributed by atoms with van der Waals surface area (Å²) in [5, 5.41) is 0.763. The van der Waals surface area contributed by atoms with E-state index in [9.17, 15) is 8.78 Å². The first kappa shape index (κ1) is 11.3. The Labute approximate surface area is 101 Å². The molecule has 2 rings (SSSR count). The van der Waals surface area contributed by atoms with Gasteiger partial charge in [-0.3, -0.25) is 0 Å². The fourth-order valence-electron chi connectivity index (χ4n) is 1.50. The van der Waals surface area contributed by atoms with Crippen LogP contribution in [0.15, 0.2) is 42.5 Å². The van der Waals surface area contributed by atoms with Crippen molar-refractivity contribution in [3.8, 4) is 11.1 Å². The van der Waals surface area contributed by atoms with Crippen LogP contribution in [0.2, 0.25) is 0 Å². The fraction of sp³-hybridized carbons (Fsp3) is 0.0769. The Kier molecular flexibility index (Phi) is 3.34. The van der Waals surface area contributed by atoms with Gasteiger partial charge in [0.05, 0.1) is 0 Å². The van der Waals surface area contributed by atoms with Gasteiger partial charge < -0.3 is 0 Å². The molecule has 0 saturated heterocycles. The molecule has 2 aromatic carbocycles. The zero-order valence-corrected chi connectivity index (χ0v) is 9.97. The molecule has 0 fully saturated rings. The molecule has 0 aromatic heterocycles. The maximum Gasteiger partial charge on any atom is 0.133 e. The van der Waals surface area contributed by atoms with Gasteiger partial charge in [-0.25, -0.2) is 8.78 Å². The van der Waals surface area contributed by atoms with E-state index in [4.69, 9.17) is 0 Å². The first-order valence-electron chi connectivity index (χ1n) is 4.81. The van der Waals surface area contributed by atoms with Gasteiger partial charge in [0.15, 0.2) is 0 Å². The van der Waals surface area contributed by atoms with Crippen molar-refractivity contribution in [2.45, 2.75) is 5.33 Å². The van der Waals surface area contributed by atoms with E-state index in [1.807, 2.05) is 24.3 Å². The number of hydrogen-bond acceptors (Lipinski definition) is 0. The van der Waals surface area contributed by atoms with Gasteiger partial charge in [-0.05, 0) is 23.3 Å². The molecule has 0 spiro atoms. The average Bonchev–Trinajstić information content (AvgIpc) is 2.29. The molecule has 0 nitrogen and oxygen atoms in total. The fourth-order valence-corrected chi connectivity index (χ4v) is 1.87. The van der Waals surface area contributed by atoms with Gasteiger partial charge in [0.2, 0.25) is 0 Å². The summed E-state index contributed by atoms with van der Waals surface area (Å²) < 4.78 is 26.2. The normalized spacial score (nSPS) is 10.4. The average molecular weight is 283 g/mol. The van der Waals surface area contributed by atoms with Crippen LogP contribution in [0.5, 0.6) is 0 Å². The summed E-state index contributed by atoms with van der Waals surface area (Å²) in [5.41, 5.74) is 2.29. The van der Waals surface area contributed by atoms with E-state index < -0.39 is 11.6 Å². The minimum atomic E-state index is -0.557. The lowest BCUT2D eigenvalue weighted by atomic mass is 10.0. The second kappa shape index (κ2) is 4.74. The number of halogens is 3. The monoisotopic (exact) mass is 282 g/mol. The Hall–Kier alpha value is -1.22. The van der Waals surface area contributed by atoms with Crippen molar-refractivity contribution in [2.24, 2.45) is 0 Å². The van der Waals surface area contributed by atoms with Gasteiger partial charge in [0, 0.05) is 17.0 Å². The van der Waals surface area contributed by atoms with E-state index in [0.29, 0.717) is 5.56 Å². The molecule has 0 unspecified atom stereocenters. The van der Waals surface area contributed by atoms with Crippen molar-refractivity contribution in [2.75, 3.05) is 0 Å².